The third kappa shape index (κ3) is 2.22. The topological polar surface area (TPSA) is 21.3 Å². The molecule has 0 spiro atoms. The molecule has 1 aliphatic rings. The maximum Gasteiger partial charge on any atom is 0.123 e. The highest BCUT2D eigenvalue weighted by Gasteiger charge is 2.20. The Morgan fingerprint density at radius 1 is 1.38 bits per heavy atom. The molecule has 0 amide bonds. The second-order valence-corrected chi connectivity index (χ2v) is 5.09. The Hall–Kier alpha value is -1.02. The molecular weight excluding hydrogens is 198 g/mol. The first-order valence-corrected chi connectivity index (χ1v) is 6.10. The van der Waals surface area contributed by atoms with Crippen molar-refractivity contribution in [1.82, 2.24) is 5.32 Å². The maximum atomic E-state index is 5.69. The fraction of sp³-hybridized carbons (Fsp3) is 0.571. The molecule has 2 rings (SSSR count). The lowest BCUT2D eigenvalue weighted by molar-refractivity contribution is 0.325. The molecule has 0 unspecified atom stereocenters. The summed E-state index contributed by atoms with van der Waals surface area (Å²) in [5.74, 6) is 1.04. The first kappa shape index (κ1) is 11.5. The van der Waals surface area contributed by atoms with Gasteiger partial charge in [0, 0.05) is 18.7 Å². The minimum absolute atomic E-state index is 0.251. The van der Waals surface area contributed by atoms with E-state index in [9.17, 15) is 0 Å². The molecular formula is C14H21NO. The van der Waals surface area contributed by atoms with Crippen LogP contribution in [0.2, 0.25) is 0 Å². The molecule has 2 nitrogen and oxygen atoms in total. The molecule has 88 valence electrons. The number of rotatable bonds is 2. The molecule has 0 saturated carbocycles. The van der Waals surface area contributed by atoms with E-state index in [2.05, 4.69) is 44.3 Å². The number of ether oxygens (including phenoxy) is 1. The Balaban J connectivity index is 2.34. The maximum absolute atomic E-state index is 5.69. The minimum atomic E-state index is 0.251. The van der Waals surface area contributed by atoms with Gasteiger partial charge in [-0.2, -0.15) is 0 Å². The highest BCUT2D eigenvalue weighted by Crippen LogP contribution is 2.31. The summed E-state index contributed by atoms with van der Waals surface area (Å²) in [4.78, 5) is 0. The van der Waals surface area contributed by atoms with Gasteiger partial charge < -0.3 is 10.1 Å². The lowest BCUT2D eigenvalue weighted by Crippen LogP contribution is -2.17. The smallest absolute Gasteiger partial charge is 0.123 e. The molecule has 1 aromatic rings. The van der Waals surface area contributed by atoms with Crippen LogP contribution in [0.5, 0.6) is 5.75 Å². The minimum Gasteiger partial charge on any atom is -0.492 e. The van der Waals surface area contributed by atoms with Gasteiger partial charge in [-0.3, -0.25) is 0 Å². The van der Waals surface area contributed by atoms with Crippen molar-refractivity contribution in [3.8, 4) is 5.75 Å². The van der Waals surface area contributed by atoms with Crippen molar-refractivity contribution in [2.75, 3.05) is 13.2 Å². The Morgan fingerprint density at radius 2 is 2.19 bits per heavy atom. The van der Waals surface area contributed by atoms with Crippen LogP contribution in [-0.2, 0) is 12.0 Å². The predicted octanol–water partition coefficient (Wildman–Crippen LogP) is 2.86. The molecule has 0 radical (unpaired) electrons. The highest BCUT2D eigenvalue weighted by molar-refractivity contribution is 5.40. The summed E-state index contributed by atoms with van der Waals surface area (Å²) in [7, 11) is 0. The van der Waals surface area contributed by atoms with Gasteiger partial charge in [0.1, 0.15) is 12.4 Å². The SMILES string of the molecule is CCC(C)(C)c1ccc2c(c1)CNCCO2. The van der Waals surface area contributed by atoms with Gasteiger partial charge in [0.05, 0.1) is 0 Å². The molecule has 1 aromatic carbocycles. The molecule has 0 aliphatic carbocycles. The third-order valence-electron chi connectivity index (χ3n) is 3.58. The summed E-state index contributed by atoms with van der Waals surface area (Å²) >= 11 is 0. The highest BCUT2D eigenvalue weighted by atomic mass is 16.5. The molecule has 0 bridgehead atoms. The van der Waals surface area contributed by atoms with Crippen molar-refractivity contribution in [2.24, 2.45) is 0 Å². The van der Waals surface area contributed by atoms with Crippen LogP contribution in [-0.4, -0.2) is 13.2 Å². The van der Waals surface area contributed by atoms with Crippen LogP contribution in [0.3, 0.4) is 0 Å². The number of benzene rings is 1. The van der Waals surface area contributed by atoms with Gasteiger partial charge in [-0.25, -0.2) is 0 Å². The Labute approximate surface area is 98.0 Å². The number of fused-ring (bicyclic) bond motifs is 1. The van der Waals surface area contributed by atoms with Gasteiger partial charge in [-0.05, 0) is 23.5 Å². The second kappa shape index (κ2) is 4.46. The van der Waals surface area contributed by atoms with E-state index in [4.69, 9.17) is 4.74 Å². The molecule has 1 heterocycles. The number of hydrogen-bond donors (Lipinski definition) is 1. The monoisotopic (exact) mass is 219 g/mol. The van der Waals surface area contributed by atoms with Crippen LogP contribution in [0.1, 0.15) is 38.3 Å². The van der Waals surface area contributed by atoms with Gasteiger partial charge in [0.25, 0.3) is 0 Å². The average Bonchev–Trinajstić information content (AvgIpc) is 2.53. The van der Waals surface area contributed by atoms with E-state index in [1.54, 1.807) is 0 Å². The van der Waals surface area contributed by atoms with Gasteiger partial charge in [-0.15, -0.1) is 0 Å². The molecule has 0 atom stereocenters. The van der Waals surface area contributed by atoms with E-state index in [0.717, 1.165) is 31.9 Å². The fourth-order valence-electron chi connectivity index (χ4n) is 1.94. The van der Waals surface area contributed by atoms with E-state index in [1.807, 2.05) is 0 Å². The first-order chi connectivity index (χ1) is 7.63. The normalized spacial score (nSPS) is 16.2. The summed E-state index contributed by atoms with van der Waals surface area (Å²) in [5, 5.41) is 3.38. The molecule has 0 fully saturated rings. The molecule has 1 N–H and O–H groups in total. The summed E-state index contributed by atoms with van der Waals surface area (Å²) in [6.07, 6.45) is 1.15. The summed E-state index contributed by atoms with van der Waals surface area (Å²) in [5.41, 5.74) is 2.94. The van der Waals surface area contributed by atoms with Crippen LogP contribution in [0.15, 0.2) is 18.2 Å². The zero-order valence-electron chi connectivity index (χ0n) is 10.5. The summed E-state index contributed by atoms with van der Waals surface area (Å²) < 4.78 is 5.69. The van der Waals surface area contributed by atoms with Crippen molar-refractivity contribution >= 4 is 0 Å². The van der Waals surface area contributed by atoms with Crippen molar-refractivity contribution in [3.63, 3.8) is 0 Å². The molecule has 2 heteroatoms. The Morgan fingerprint density at radius 3 is 2.94 bits per heavy atom. The fourth-order valence-corrected chi connectivity index (χ4v) is 1.94. The van der Waals surface area contributed by atoms with Crippen LogP contribution < -0.4 is 10.1 Å². The quantitative estimate of drug-likeness (QED) is 0.826. The molecule has 0 aromatic heterocycles. The van der Waals surface area contributed by atoms with Crippen LogP contribution in [0.25, 0.3) is 0 Å². The van der Waals surface area contributed by atoms with E-state index in [-0.39, 0.29) is 5.41 Å². The van der Waals surface area contributed by atoms with Crippen molar-refractivity contribution in [3.05, 3.63) is 29.3 Å². The summed E-state index contributed by atoms with van der Waals surface area (Å²) in [6.45, 7) is 9.44. The molecule has 1 aliphatic heterocycles. The number of nitrogens with one attached hydrogen (secondary N) is 1. The lowest BCUT2D eigenvalue weighted by atomic mass is 9.81. The van der Waals surface area contributed by atoms with E-state index in [1.165, 1.54) is 11.1 Å². The van der Waals surface area contributed by atoms with Gasteiger partial charge in [0.15, 0.2) is 0 Å². The molecule has 0 saturated heterocycles. The number of hydrogen-bond acceptors (Lipinski definition) is 2. The van der Waals surface area contributed by atoms with Crippen LogP contribution in [0, 0.1) is 0 Å². The van der Waals surface area contributed by atoms with E-state index >= 15 is 0 Å². The zero-order chi connectivity index (χ0) is 11.6. The van der Waals surface area contributed by atoms with Crippen LogP contribution >= 0.6 is 0 Å². The average molecular weight is 219 g/mol. The van der Waals surface area contributed by atoms with E-state index in [0.29, 0.717) is 0 Å². The Kier molecular flexibility index (Phi) is 3.20. The third-order valence-corrected chi connectivity index (χ3v) is 3.58. The van der Waals surface area contributed by atoms with Gasteiger partial charge in [0.2, 0.25) is 0 Å². The van der Waals surface area contributed by atoms with Crippen molar-refractivity contribution in [2.45, 2.75) is 39.2 Å². The predicted molar refractivity (Wildman–Crippen MR) is 67.0 cm³/mol. The summed E-state index contributed by atoms with van der Waals surface area (Å²) in [6, 6.07) is 6.61. The zero-order valence-corrected chi connectivity index (χ0v) is 10.5. The Bertz CT molecular complexity index is 371. The van der Waals surface area contributed by atoms with Gasteiger partial charge >= 0.3 is 0 Å². The van der Waals surface area contributed by atoms with Crippen molar-refractivity contribution in [1.29, 1.82) is 0 Å². The first-order valence-electron chi connectivity index (χ1n) is 6.10. The second-order valence-electron chi connectivity index (χ2n) is 5.09. The lowest BCUT2D eigenvalue weighted by Gasteiger charge is -2.24. The largest absolute Gasteiger partial charge is 0.492 e. The van der Waals surface area contributed by atoms with Gasteiger partial charge in [-0.1, -0.05) is 32.9 Å². The van der Waals surface area contributed by atoms with Crippen molar-refractivity contribution < 1.29 is 4.74 Å². The molecule has 16 heavy (non-hydrogen) atoms. The standard InChI is InChI=1S/C14H21NO/c1-4-14(2,3)12-5-6-13-11(9-12)10-15-7-8-16-13/h5-6,9,15H,4,7-8,10H2,1-3H3. The van der Waals surface area contributed by atoms with Crippen LogP contribution in [0.4, 0.5) is 0 Å². The van der Waals surface area contributed by atoms with E-state index < -0.39 is 0 Å².